The van der Waals surface area contributed by atoms with Crippen LogP contribution < -0.4 is 9.62 Å². The number of ketones is 1. The second-order valence-corrected chi connectivity index (χ2v) is 8.37. The number of carbonyl (C=O) groups is 1. The van der Waals surface area contributed by atoms with Crippen molar-refractivity contribution in [3.05, 3.63) is 96.1 Å². The summed E-state index contributed by atoms with van der Waals surface area (Å²) in [6.07, 6.45) is 3.16. The van der Waals surface area contributed by atoms with E-state index >= 15 is 0 Å². The normalized spacial score (nSPS) is 11.4. The summed E-state index contributed by atoms with van der Waals surface area (Å²) in [6, 6.07) is 22.4. The van der Waals surface area contributed by atoms with Crippen molar-refractivity contribution in [3.8, 4) is 0 Å². The molecule has 1 N–H and O–H groups in total. The first-order valence-electron chi connectivity index (χ1n) is 9.03. The zero-order valence-electron chi connectivity index (χ0n) is 16.2. The third kappa shape index (κ3) is 5.33. The molecule has 0 amide bonds. The van der Waals surface area contributed by atoms with E-state index in [0.29, 0.717) is 11.3 Å². The molecule has 0 fully saturated rings. The van der Waals surface area contributed by atoms with Crippen molar-refractivity contribution >= 4 is 33.3 Å². The van der Waals surface area contributed by atoms with Crippen LogP contribution in [0.3, 0.4) is 0 Å². The standard InChI is InChI=1S/C23H22N2O3S/c1-25(2)21-14-11-18(12-15-21)13-16-23(26)19-7-6-10-22(17-19)29(27,28)24-20-8-4-3-5-9-20/h3-17,24H,1-2H3/b16-13+. The first-order chi connectivity index (χ1) is 13.8. The molecule has 0 saturated carbocycles. The molecule has 6 heteroatoms. The lowest BCUT2D eigenvalue weighted by atomic mass is 10.1. The minimum atomic E-state index is -3.78. The maximum Gasteiger partial charge on any atom is 0.261 e. The van der Waals surface area contributed by atoms with Crippen LogP contribution in [0.1, 0.15) is 15.9 Å². The van der Waals surface area contributed by atoms with Gasteiger partial charge in [-0.25, -0.2) is 8.42 Å². The first-order valence-corrected chi connectivity index (χ1v) is 10.5. The van der Waals surface area contributed by atoms with E-state index in [1.165, 1.54) is 18.2 Å². The summed E-state index contributed by atoms with van der Waals surface area (Å²) in [7, 11) is 0.140. The van der Waals surface area contributed by atoms with Crippen LogP contribution >= 0.6 is 0 Å². The van der Waals surface area contributed by atoms with Gasteiger partial charge in [-0.2, -0.15) is 0 Å². The molecule has 0 aromatic heterocycles. The SMILES string of the molecule is CN(C)c1ccc(/C=C/C(=O)c2cccc(S(=O)(=O)Nc3ccccc3)c2)cc1. The van der Waals surface area contributed by atoms with E-state index in [-0.39, 0.29) is 10.7 Å². The molecular formula is C23H22N2O3S. The van der Waals surface area contributed by atoms with Crippen molar-refractivity contribution < 1.29 is 13.2 Å². The average Bonchev–Trinajstić information content (AvgIpc) is 2.73. The van der Waals surface area contributed by atoms with Crippen molar-refractivity contribution in [2.45, 2.75) is 4.90 Å². The molecule has 29 heavy (non-hydrogen) atoms. The number of nitrogens with zero attached hydrogens (tertiary/aromatic N) is 1. The Hall–Kier alpha value is -3.38. The highest BCUT2D eigenvalue weighted by Gasteiger charge is 2.15. The largest absolute Gasteiger partial charge is 0.378 e. The first kappa shape index (κ1) is 20.4. The van der Waals surface area contributed by atoms with Crippen LogP contribution in [0.5, 0.6) is 0 Å². The maximum atomic E-state index is 12.6. The second-order valence-electron chi connectivity index (χ2n) is 6.68. The van der Waals surface area contributed by atoms with Gasteiger partial charge in [0.05, 0.1) is 4.90 Å². The fourth-order valence-electron chi connectivity index (χ4n) is 2.69. The number of rotatable bonds is 7. The fraction of sp³-hybridized carbons (Fsp3) is 0.0870. The van der Waals surface area contributed by atoms with Gasteiger partial charge < -0.3 is 4.90 Å². The fourth-order valence-corrected chi connectivity index (χ4v) is 3.79. The molecule has 0 aliphatic heterocycles. The monoisotopic (exact) mass is 406 g/mol. The Bertz CT molecular complexity index is 1120. The number of allylic oxidation sites excluding steroid dienone is 1. The molecule has 0 bridgehead atoms. The van der Waals surface area contributed by atoms with Crippen LogP contribution in [-0.2, 0) is 10.0 Å². The lowest BCUT2D eigenvalue weighted by Crippen LogP contribution is -2.13. The Labute approximate surface area is 171 Å². The smallest absolute Gasteiger partial charge is 0.261 e. The number of carbonyl (C=O) groups excluding carboxylic acids is 1. The van der Waals surface area contributed by atoms with Gasteiger partial charge in [-0.15, -0.1) is 0 Å². The van der Waals surface area contributed by atoms with Crippen molar-refractivity contribution in [3.63, 3.8) is 0 Å². The van der Waals surface area contributed by atoms with Gasteiger partial charge in [-0.3, -0.25) is 9.52 Å². The molecule has 0 spiro atoms. The minimum Gasteiger partial charge on any atom is -0.378 e. The van der Waals surface area contributed by atoms with E-state index in [1.54, 1.807) is 48.5 Å². The summed E-state index contributed by atoms with van der Waals surface area (Å²) in [5, 5.41) is 0. The summed E-state index contributed by atoms with van der Waals surface area (Å²) in [5.74, 6) is -0.265. The molecular weight excluding hydrogens is 384 g/mol. The van der Waals surface area contributed by atoms with E-state index in [0.717, 1.165) is 11.3 Å². The van der Waals surface area contributed by atoms with Gasteiger partial charge >= 0.3 is 0 Å². The average molecular weight is 407 g/mol. The van der Waals surface area contributed by atoms with Gasteiger partial charge in [0.2, 0.25) is 0 Å². The second kappa shape index (κ2) is 8.75. The molecule has 0 unspecified atom stereocenters. The van der Waals surface area contributed by atoms with Crippen LogP contribution in [0.15, 0.2) is 89.8 Å². The molecule has 3 aromatic carbocycles. The third-order valence-electron chi connectivity index (χ3n) is 4.29. The molecule has 0 heterocycles. The Balaban J connectivity index is 1.77. The molecule has 0 saturated heterocycles. The number of nitrogens with one attached hydrogen (secondary N) is 1. The zero-order chi connectivity index (χ0) is 20.9. The lowest BCUT2D eigenvalue weighted by Gasteiger charge is -2.11. The Morgan fingerprint density at radius 3 is 2.24 bits per heavy atom. The highest BCUT2D eigenvalue weighted by Crippen LogP contribution is 2.18. The number of hydrogen-bond acceptors (Lipinski definition) is 4. The van der Waals surface area contributed by atoms with Gasteiger partial charge in [0.15, 0.2) is 5.78 Å². The Morgan fingerprint density at radius 1 is 0.897 bits per heavy atom. The molecule has 148 valence electrons. The van der Waals surface area contributed by atoms with Crippen molar-refractivity contribution in [2.75, 3.05) is 23.7 Å². The van der Waals surface area contributed by atoms with Gasteiger partial charge in [0, 0.05) is 31.0 Å². The highest BCUT2D eigenvalue weighted by molar-refractivity contribution is 7.92. The topological polar surface area (TPSA) is 66.5 Å². The lowest BCUT2D eigenvalue weighted by molar-refractivity contribution is 0.104. The molecule has 0 radical (unpaired) electrons. The number of sulfonamides is 1. The van der Waals surface area contributed by atoms with Crippen LogP contribution in [0.25, 0.3) is 6.08 Å². The predicted molar refractivity (Wildman–Crippen MR) is 118 cm³/mol. The van der Waals surface area contributed by atoms with Gasteiger partial charge in [0.25, 0.3) is 10.0 Å². The molecule has 0 atom stereocenters. The molecule has 3 rings (SSSR count). The molecule has 5 nitrogen and oxygen atoms in total. The summed E-state index contributed by atoms with van der Waals surface area (Å²) in [4.78, 5) is 14.6. The van der Waals surface area contributed by atoms with Crippen LogP contribution in [0.2, 0.25) is 0 Å². The van der Waals surface area contributed by atoms with E-state index in [4.69, 9.17) is 0 Å². The van der Waals surface area contributed by atoms with Gasteiger partial charge in [0.1, 0.15) is 0 Å². The zero-order valence-corrected chi connectivity index (χ0v) is 17.1. The number of para-hydroxylation sites is 1. The van der Waals surface area contributed by atoms with Crippen molar-refractivity contribution in [2.24, 2.45) is 0 Å². The quantitative estimate of drug-likeness (QED) is 0.465. The van der Waals surface area contributed by atoms with Gasteiger partial charge in [-0.1, -0.05) is 48.5 Å². The van der Waals surface area contributed by atoms with Crippen LogP contribution in [0, 0.1) is 0 Å². The van der Waals surface area contributed by atoms with E-state index in [1.807, 2.05) is 43.3 Å². The van der Waals surface area contributed by atoms with Crippen molar-refractivity contribution in [1.82, 2.24) is 0 Å². The number of benzene rings is 3. The van der Waals surface area contributed by atoms with Gasteiger partial charge in [-0.05, 0) is 48.0 Å². The summed E-state index contributed by atoms with van der Waals surface area (Å²) in [6.45, 7) is 0. The minimum absolute atomic E-state index is 0.0379. The Morgan fingerprint density at radius 2 is 1.59 bits per heavy atom. The summed E-state index contributed by atoms with van der Waals surface area (Å²) < 4.78 is 27.7. The number of anilines is 2. The summed E-state index contributed by atoms with van der Waals surface area (Å²) >= 11 is 0. The summed E-state index contributed by atoms with van der Waals surface area (Å²) in [5.41, 5.74) is 2.73. The van der Waals surface area contributed by atoms with E-state index < -0.39 is 10.0 Å². The van der Waals surface area contributed by atoms with Crippen LogP contribution in [0.4, 0.5) is 11.4 Å². The molecule has 3 aromatic rings. The highest BCUT2D eigenvalue weighted by atomic mass is 32.2. The maximum absolute atomic E-state index is 12.6. The molecule has 0 aliphatic carbocycles. The Kier molecular flexibility index (Phi) is 6.14. The number of hydrogen-bond donors (Lipinski definition) is 1. The third-order valence-corrected chi connectivity index (χ3v) is 5.67. The molecule has 0 aliphatic rings. The predicted octanol–water partition coefficient (Wildman–Crippen LogP) is 4.45. The van der Waals surface area contributed by atoms with E-state index in [9.17, 15) is 13.2 Å². The van der Waals surface area contributed by atoms with Crippen molar-refractivity contribution in [1.29, 1.82) is 0 Å². The van der Waals surface area contributed by atoms with E-state index in [2.05, 4.69) is 4.72 Å². The van der Waals surface area contributed by atoms with Crippen LogP contribution in [-0.4, -0.2) is 28.3 Å².